The number of hydrogen-bond acceptors (Lipinski definition) is 0. The van der Waals surface area contributed by atoms with E-state index in [0.717, 1.165) is 17.8 Å². The first-order valence-corrected chi connectivity index (χ1v) is 7.79. The van der Waals surface area contributed by atoms with Crippen LogP contribution in [0.15, 0.2) is 30.3 Å². The van der Waals surface area contributed by atoms with E-state index in [1.165, 1.54) is 50.5 Å². The fraction of sp³-hybridized carbons (Fsp3) is 0.667. The first kappa shape index (κ1) is 13.6. The molecule has 0 heteroatoms. The van der Waals surface area contributed by atoms with Crippen LogP contribution in [0.4, 0.5) is 0 Å². The van der Waals surface area contributed by atoms with Crippen LogP contribution in [0.1, 0.15) is 57.9 Å². The molecule has 0 saturated heterocycles. The Morgan fingerprint density at radius 2 is 1.67 bits per heavy atom. The zero-order valence-electron chi connectivity index (χ0n) is 12.1. The molecule has 1 aromatic rings. The Bertz CT molecular complexity index is 317. The van der Waals surface area contributed by atoms with Gasteiger partial charge >= 0.3 is 0 Å². The van der Waals surface area contributed by atoms with Crippen molar-refractivity contribution >= 4 is 0 Å². The van der Waals surface area contributed by atoms with E-state index in [1.54, 1.807) is 0 Å². The average Bonchev–Trinajstić information content (AvgIpc) is 2.40. The van der Waals surface area contributed by atoms with Gasteiger partial charge in [-0.15, -0.1) is 0 Å². The van der Waals surface area contributed by atoms with Crippen molar-refractivity contribution in [1.29, 1.82) is 0 Å². The van der Waals surface area contributed by atoms with E-state index in [0.29, 0.717) is 0 Å². The predicted octanol–water partition coefficient (Wildman–Crippen LogP) is 5.47. The molecular weight excluding hydrogens is 216 g/mol. The van der Waals surface area contributed by atoms with E-state index in [2.05, 4.69) is 44.2 Å². The molecule has 0 heterocycles. The molecule has 0 unspecified atom stereocenters. The molecule has 1 saturated carbocycles. The van der Waals surface area contributed by atoms with Crippen molar-refractivity contribution < 1.29 is 0 Å². The van der Waals surface area contributed by atoms with Gasteiger partial charge in [-0.05, 0) is 49.0 Å². The maximum Gasteiger partial charge on any atom is -0.0279 e. The van der Waals surface area contributed by atoms with Gasteiger partial charge in [0.05, 0.1) is 0 Å². The minimum atomic E-state index is 0.898. The molecular formula is C18H28. The zero-order valence-corrected chi connectivity index (χ0v) is 12.1. The van der Waals surface area contributed by atoms with Crippen LogP contribution in [-0.4, -0.2) is 0 Å². The average molecular weight is 244 g/mol. The molecule has 0 nitrogen and oxygen atoms in total. The Morgan fingerprint density at radius 1 is 1.00 bits per heavy atom. The van der Waals surface area contributed by atoms with Gasteiger partial charge in [-0.2, -0.15) is 0 Å². The molecule has 0 spiro atoms. The van der Waals surface area contributed by atoms with Gasteiger partial charge in [0, 0.05) is 0 Å². The standard InChI is InChI=1S/C18H28/c1-15(2)18-13-11-17(12-14-18)10-6-9-16-7-4-3-5-8-16/h3-5,7-8,15,17-18H,6,9-14H2,1-2H3. The maximum absolute atomic E-state index is 2.39. The Balaban J connectivity index is 1.64. The lowest BCUT2D eigenvalue weighted by molar-refractivity contribution is 0.215. The van der Waals surface area contributed by atoms with Crippen LogP contribution in [0, 0.1) is 17.8 Å². The molecule has 0 atom stereocenters. The second-order valence-corrected chi connectivity index (χ2v) is 6.40. The fourth-order valence-electron chi connectivity index (χ4n) is 3.38. The summed E-state index contributed by atoms with van der Waals surface area (Å²) in [6, 6.07) is 10.9. The minimum Gasteiger partial charge on any atom is -0.0625 e. The van der Waals surface area contributed by atoms with Gasteiger partial charge < -0.3 is 0 Å². The maximum atomic E-state index is 2.39. The molecule has 0 radical (unpaired) electrons. The van der Waals surface area contributed by atoms with Crippen molar-refractivity contribution in [2.45, 2.75) is 58.8 Å². The van der Waals surface area contributed by atoms with E-state index in [4.69, 9.17) is 0 Å². The van der Waals surface area contributed by atoms with Crippen LogP contribution >= 0.6 is 0 Å². The van der Waals surface area contributed by atoms with Crippen LogP contribution < -0.4 is 0 Å². The highest BCUT2D eigenvalue weighted by atomic mass is 14.3. The van der Waals surface area contributed by atoms with Gasteiger partial charge in [-0.25, -0.2) is 0 Å². The summed E-state index contributed by atoms with van der Waals surface area (Å²) in [5.41, 5.74) is 1.51. The first-order chi connectivity index (χ1) is 8.75. The Labute approximate surface area is 113 Å². The Kier molecular flexibility index (Phi) is 5.28. The largest absolute Gasteiger partial charge is 0.0625 e. The molecule has 1 fully saturated rings. The summed E-state index contributed by atoms with van der Waals surface area (Å²) >= 11 is 0. The highest BCUT2D eigenvalue weighted by Crippen LogP contribution is 2.35. The summed E-state index contributed by atoms with van der Waals surface area (Å²) in [4.78, 5) is 0. The summed E-state index contributed by atoms with van der Waals surface area (Å²) in [6.07, 6.45) is 10.0. The van der Waals surface area contributed by atoms with E-state index in [1.807, 2.05) is 0 Å². The summed E-state index contributed by atoms with van der Waals surface area (Å²) in [6.45, 7) is 4.78. The highest BCUT2D eigenvalue weighted by Gasteiger charge is 2.22. The molecule has 1 aliphatic carbocycles. The fourth-order valence-corrected chi connectivity index (χ4v) is 3.38. The Morgan fingerprint density at radius 3 is 2.28 bits per heavy atom. The first-order valence-electron chi connectivity index (χ1n) is 7.79. The van der Waals surface area contributed by atoms with Gasteiger partial charge in [0.1, 0.15) is 0 Å². The second-order valence-electron chi connectivity index (χ2n) is 6.40. The molecule has 1 aliphatic rings. The molecule has 100 valence electrons. The molecule has 2 rings (SSSR count). The lowest BCUT2D eigenvalue weighted by Gasteiger charge is -2.30. The molecule has 0 aliphatic heterocycles. The molecule has 0 amide bonds. The SMILES string of the molecule is CC(C)C1CCC(CCCc2ccccc2)CC1. The van der Waals surface area contributed by atoms with Crippen molar-refractivity contribution in [3.8, 4) is 0 Å². The summed E-state index contributed by atoms with van der Waals surface area (Å²) in [5.74, 6) is 2.93. The third-order valence-corrected chi connectivity index (χ3v) is 4.75. The van der Waals surface area contributed by atoms with Crippen molar-refractivity contribution in [3.63, 3.8) is 0 Å². The minimum absolute atomic E-state index is 0.898. The van der Waals surface area contributed by atoms with Crippen LogP contribution in [0.5, 0.6) is 0 Å². The van der Waals surface area contributed by atoms with Gasteiger partial charge in [-0.3, -0.25) is 0 Å². The molecule has 0 N–H and O–H groups in total. The van der Waals surface area contributed by atoms with Crippen LogP contribution in [-0.2, 0) is 6.42 Å². The third kappa shape index (κ3) is 4.15. The van der Waals surface area contributed by atoms with Gasteiger partial charge in [0.2, 0.25) is 0 Å². The Hall–Kier alpha value is -0.780. The number of rotatable bonds is 5. The summed E-state index contributed by atoms with van der Waals surface area (Å²) < 4.78 is 0. The normalized spacial score (nSPS) is 24.4. The van der Waals surface area contributed by atoms with Crippen molar-refractivity contribution in [2.24, 2.45) is 17.8 Å². The van der Waals surface area contributed by atoms with Gasteiger partial charge in [0.25, 0.3) is 0 Å². The van der Waals surface area contributed by atoms with E-state index in [9.17, 15) is 0 Å². The van der Waals surface area contributed by atoms with Crippen molar-refractivity contribution in [1.82, 2.24) is 0 Å². The number of aryl methyl sites for hydroxylation is 1. The van der Waals surface area contributed by atoms with Crippen molar-refractivity contribution in [3.05, 3.63) is 35.9 Å². The van der Waals surface area contributed by atoms with Crippen molar-refractivity contribution in [2.75, 3.05) is 0 Å². The molecule has 1 aromatic carbocycles. The molecule has 0 bridgehead atoms. The van der Waals surface area contributed by atoms with Gasteiger partial charge in [0.15, 0.2) is 0 Å². The monoisotopic (exact) mass is 244 g/mol. The van der Waals surface area contributed by atoms with E-state index < -0.39 is 0 Å². The van der Waals surface area contributed by atoms with E-state index in [-0.39, 0.29) is 0 Å². The summed E-state index contributed by atoms with van der Waals surface area (Å²) in [5, 5.41) is 0. The predicted molar refractivity (Wildman–Crippen MR) is 79.7 cm³/mol. The zero-order chi connectivity index (χ0) is 12.8. The van der Waals surface area contributed by atoms with E-state index >= 15 is 0 Å². The highest BCUT2D eigenvalue weighted by molar-refractivity contribution is 5.14. The number of benzene rings is 1. The second kappa shape index (κ2) is 6.97. The lowest BCUT2D eigenvalue weighted by Crippen LogP contribution is -2.18. The van der Waals surface area contributed by atoms with Crippen LogP contribution in [0.3, 0.4) is 0 Å². The quantitative estimate of drug-likeness (QED) is 0.644. The topological polar surface area (TPSA) is 0 Å². The lowest BCUT2D eigenvalue weighted by atomic mass is 9.75. The molecule has 18 heavy (non-hydrogen) atoms. The number of hydrogen-bond donors (Lipinski definition) is 0. The van der Waals surface area contributed by atoms with Crippen LogP contribution in [0.2, 0.25) is 0 Å². The van der Waals surface area contributed by atoms with Gasteiger partial charge in [-0.1, -0.05) is 63.4 Å². The third-order valence-electron chi connectivity index (χ3n) is 4.75. The summed E-state index contributed by atoms with van der Waals surface area (Å²) in [7, 11) is 0. The van der Waals surface area contributed by atoms with Crippen LogP contribution in [0.25, 0.3) is 0 Å². The molecule has 0 aromatic heterocycles. The smallest absolute Gasteiger partial charge is 0.0279 e.